The van der Waals surface area contributed by atoms with Gasteiger partial charge < -0.3 is 35.9 Å². The largest absolute Gasteiger partial charge is 0.441 e. The topological polar surface area (TPSA) is 327 Å². The van der Waals surface area contributed by atoms with E-state index in [4.69, 9.17) is 44.8 Å². The number of imidazole rings is 2. The van der Waals surface area contributed by atoms with Crippen LogP contribution in [0.25, 0.3) is 32.8 Å². The van der Waals surface area contributed by atoms with Crippen LogP contribution in [-0.4, -0.2) is 101 Å². The Morgan fingerprint density at radius 1 is 1.00 bits per heavy atom. The van der Waals surface area contributed by atoms with E-state index in [0.717, 1.165) is 0 Å². The first kappa shape index (κ1) is 37.9. The Morgan fingerprint density at radius 2 is 1.67 bits per heavy atom. The molecule has 2 unspecified atom stereocenters. The van der Waals surface area contributed by atoms with Crippen molar-refractivity contribution in [1.29, 1.82) is 0 Å². The van der Waals surface area contributed by atoms with Gasteiger partial charge in [0.1, 0.15) is 42.1 Å². The smallest absolute Gasteiger partial charge is 0.407 e. The molecule has 0 aliphatic carbocycles. The van der Waals surface area contributed by atoms with E-state index in [2.05, 4.69) is 69.7 Å². The van der Waals surface area contributed by atoms with Crippen molar-refractivity contribution in [3.63, 3.8) is 0 Å². The number of hydrogen-bond donors (Lipinski definition) is 6. The zero-order valence-corrected chi connectivity index (χ0v) is 30.3. The van der Waals surface area contributed by atoms with Gasteiger partial charge >= 0.3 is 19.7 Å². The summed E-state index contributed by atoms with van der Waals surface area (Å²) >= 11 is 7.72. The molecule has 6 N–H and O–H groups in total. The van der Waals surface area contributed by atoms with Crippen molar-refractivity contribution >= 4 is 78.1 Å². The molecule has 0 radical (unpaired) electrons. The number of nitrogen functional groups attached to an aromatic ring is 2. The van der Waals surface area contributed by atoms with E-state index >= 15 is 0 Å². The van der Waals surface area contributed by atoms with Crippen molar-refractivity contribution in [3.8, 4) is 0 Å². The first-order chi connectivity index (χ1) is 24.8. The first-order valence-corrected chi connectivity index (χ1v) is 20.7. The molecule has 0 bridgehead atoms. The molecule has 8 atom stereocenters. The summed E-state index contributed by atoms with van der Waals surface area (Å²) in [6, 6.07) is 0. The van der Waals surface area contributed by atoms with Gasteiger partial charge in [-0.3, -0.25) is 22.7 Å². The van der Waals surface area contributed by atoms with Crippen LogP contribution in [0.3, 0.4) is 0 Å². The SMILES string of the molecule is [N-]=[N+]=NCCCNC(=O)O[C@@H]1CC(COP(=O)(S)O[C@H]2C[C@H](n3cnc4c(N)ncnc43)O[C@@H]2CO[P@](=O)(O)S)O[C@H]1n1cnc2c(N)ncnc21. The summed E-state index contributed by atoms with van der Waals surface area (Å²) in [5, 5.41) is 6.01. The lowest BCUT2D eigenvalue weighted by atomic mass is 10.2. The lowest BCUT2D eigenvalue weighted by molar-refractivity contribution is -0.0522. The van der Waals surface area contributed by atoms with Crippen LogP contribution in [0.5, 0.6) is 0 Å². The van der Waals surface area contributed by atoms with Gasteiger partial charge in [-0.2, -0.15) is 0 Å². The average Bonchev–Trinajstić information content (AvgIpc) is 3.88. The van der Waals surface area contributed by atoms with Crippen LogP contribution in [0.15, 0.2) is 30.4 Å². The van der Waals surface area contributed by atoms with Gasteiger partial charge in [0.25, 0.3) is 0 Å². The van der Waals surface area contributed by atoms with E-state index in [1.54, 1.807) is 4.57 Å². The standard InChI is InChI=1S/C24H32N14O10P2S2/c25-19-17-21(31-8-29-19)37(10-33-17)16-5-13(15(46-16)7-43-49(40,41)51)48-50(42,52)44-6-12-4-14(47-24(39)28-2-1-3-35-36-27)23(45-12)38-11-34-18-20(26)30-9-32-22(18)38/h8-16,23H,1-7H2,(H,28,39)(H,42,52)(H2,25,29,31)(H2,26,30,32)(H2,40,41,51)/t12?,13-,14+,15+,16+,23+,50?/m0/s1. The fourth-order valence-corrected chi connectivity index (χ4v) is 7.64. The lowest BCUT2D eigenvalue weighted by Crippen LogP contribution is -2.32. The monoisotopic (exact) mass is 802 g/mol. The summed E-state index contributed by atoms with van der Waals surface area (Å²) < 4.78 is 62.8. The molecule has 2 saturated heterocycles. The molecule has 1 amide bonds. The van der Waals surface area contributed by atoms with Crippen molar-refractivity contribution in [1.82, 2.24) is 44.4 Å². The number of hydrogen-bond acceptors (Lipinski definition) is 18. The number of ether oxygens (including phenoxy) is 3. The number of nitrogens with zero attached hydrogens (tertiary/aromatic N) is 11. The second-order valence-electron chi connectivity index (χ2n) is 11.3. The summed E-state index contributed by atoms with van der Waals surface area (Å²) in [6.07, 6.45) is -0.531. The molecule has 2 aliphatic heterocycles. The Kier molecular flexibility index (Phi) is 11.7. The molecule has 24 nitrogen and oxygen atoms in total. The van der Waals surface area contributed by atoms with Gasteiger partial charge in [-0.05, 0) is 12.0 Å². The van der Waals surface area contributed by atoms with Crippen LogP contribution in [-0.2, 0) is 36.9 Å². The Morgan fingerprint density at radius 3 is 2.35 bits per heavy atom. The van der Waals surface area contributed by atoms with Crippen LogP contribution in [0.4, 0.5) is 16.4 Å². The number of azide groups is 1. The second-order valence-corrected chi connectivity index (χ2v) is 16.9. The molecule has 6 rings (SSSR count). The first-order valence-electron chi connectivity index (χ1n) is 15.3. The Hall–Kier alpha value is -3.80. The van der Waals surface area contributed by atoms with Crippen LogP contribution >= 0.6 is 38.1 Å². The number of thiol groups is 2. The summed E-state index contributed by atoms with van der Waals surface area (Å²) in [5.41, 5.74) is 21.6. The fourth-order valence-electron chi connectivity index (χ4n) is 5.56. The second kappa shape index (κ2) is 16.1. The molecule has 2 fully saturated rings. The molecule has 280 valence electrons. The van der Waals surface area contributed by atoms with E-state index in [9.17, 15) is 18.8 Å². The minimum Gasteiger partial charge on any atom is -0.441 e. The fraction of sp³-hybridized carbons (Fsp3) is 0.542. The van der Waals surface area contributed by atoms with Gasteiger partial charge in [0.15, 0.2) is 35.3 Å². The highest BCUT2D eigenvalue weighted by Gasteiger charge is 2.44. The molecule has 52 heavy (non-hydrogen) atoms. The Bertz CT molecular complexity index is 2060. The quantitative estimate of drug-likeness (QED) is 0.0251. The Labute approximate surface area is 303 Å². The highest BCUT2D eigenvalue weighted by Crippen LogP contribution is 2.57. The number of carbonyl (C=O) groups is 1. The van der Waals surface area contributed by atoms with Gasteiger partial charge in [0, 0.05) is 30.8 Å². The van der Waals surface area contributed by atoms with E-state index < -0.39 is 63.2 Å². The number of nitrogens with one attached hydrogen (secondary N) is 1. The van der Waals surface area contributed by atoms with Crippen molar-refractivity contribution in [3.05, 3.63) is 35.8 Å². The van der Waals surface area contributed by atoms with Gasteiger partial charge in [0.05, 0.1) is 32.0 Å². The molecule has 0 aromatic carbocycles. The van der Waals surface area contributed by atoms with E-state index in [1.165, 1.54) is 29.9 Å². The predicted octanol–water partition coefficient (Wildman–Crippen LogP) is 2.69. The van der Waals surface area contributed by atoms with E-state index in [-0.39, 0.29) is 44.2 Å². The molecule has 2 aliphatic rings. The maximum Gasteiger partial charge on any atom is 0.407 e. The number of anilines is 2. The molecule has 4 aromatic rings. The Balaban J connectivity index is 1.14. The number of nitrogens with two attached hydrogens (primary N) is 2. The minimum absolute atomic E-state index is 0.0359. The number of rotatable bonds is 15. The van der Waals surface area contributed by atoms with Crippen molar-refractivity contribution in [2.45, 2.75) is 56.1 Å². The zero-order chi connectivity index (χ0) is 37.0. The van der Waals surface area contributed by atoms with Crippen molar-refractivity contribution < 1.29 is 46.6 Å². The number of carbonyl (C=O) groups excluding carboxylic acids is 1. The number of alkyl carbamates (subject to hydrolysis) is 1. The highest BCUT2D eigenvalue weighted by molar-refractivity contribution is 8.44. The van der Waals surface area contributed by atoms with Gasteiger partial charge in [-0.1, -0.05) is 29.6 Å². The van der Waals surface area contributed by atoms with E-state index in [1.807, 2.05) is 0 Å². The van der Waals surface area contributed by atoms with Gasteiger partial charge in [0.2, 0.25) is 0 Å². The number of fused-ring (bicyclic) bond motifs is 2. The van der Waals surface area contributed by atoms with Crippen LogP contribution < -0.4 is 16.8 Å². The normalized spacial score (nSPS) is 25.4. The van der Waals surface area contributed by atoms with Crippen LogP contribution in [0.1, 0.15) is 31.7 Å². The molecule has 0 spiro atoms. The maximum absolute atomic E-state index is 13.6. The number of aromatic nitrogens is 8. The van der Waals surface area contributed by atoms with Crippen LogP contribution in [0, 0.1) is 0 Å². The van der Waals surface area contributed by atoms with Gasteiger partial charge in [-0.15, -0.1) is 0 Å². The molecule has 28 heteroatoms. The molecular weight excluding hydrogens is 770 g/mol. The van der Waals surface area contributed by atoms with E-state index in [0.29, 0.717) is 28.7 Å². The number of amides is 1. The minimum atomic E-state index is -4.23. The summed E-state index contributed by atoms with van der Waals surface area (Å²) in [7, 11) is 0. The maximum atomic E-state index is 13.6. The lowest BCUT2D eigenvalue weighted by Gasteiger charge is -2.23. The highest BCUT2D eigenvalue weighted by atomic mass is 32.7. The third kappa shape index (κ3) is 9.04. The van der Waals surface area contributed by atoms with Crippen molar-refractivity contribution in [2.24, 2.45) is 5.11 Å². The summed E-state index contributed by atoms with van der Waals surface area (Å²) in [4.78, 5) is 49.7. The molecular formula is C24H32N14O10P2S2. The van der Waals surface area contributed by atoms with Gasteiger partial charge in [-0.25, -0.2) is 43.8 Å². The summed E-state index contributed by atoms with van der Waals surface area (Å²) in [5.74, 6) is 0.270. The molecule has 4 aromatic heterocycles. The molecule has 6 heterocycles. The predicted molar refractivity (Wildman–Crippen MR) is 186 cm³/mol. The summed E-state index contributed by atoms with van der Waals surface area (Å²) in [6.45, 7) is -8.88. The third-order valence-electron chi connectivity index (χ3n) is 7.81. The zero-order valence-electron chi connectivity index (χ0n) is 26.7. The third-order valence-corrected chi connectivity index (χ3v) is 10.3. The van der Waals surface area contributed by atoms with Crippen molar-refractivity contribution in [2.75, 3.05) is 37.8 Å². The van der Waals surface area contributed by atoms with Crippen LogP contribution in [0.2, 0.25) is 0 Å². The molecule has 0 saturated carbocycles. The average molecular weight is 803 g/mol.